The molecule has 1 aliphatic rings. The van der Waals surface area contributed by atoms with Crippen molar-refractivity contribution in [2.24, 2.45) is 5.92 Å². The third-order valence-corrected chi connectivity index (χ3v) is 4.79. The van der Waals surface area contributed by atoms with E-state index >= 15 is 0 Å². The fourth-order valence-corrected chi connectivity index (χ4v) is 3.12. The number of benzene rings is 1. The Kier molecular flexibility index (Phi) is 7.16. The Labute approximate surface area is 161 Å². The first-order valence-corrected chi connectivity index (χ1v) is 9.40. The van der Waals surface area contributed by atoms with Crippen LogP contribution in [0.4, 0.5) is 5.69 Å². The monoisotopic (exact) mass is 371 g/mol. The standard InChI is InChI=1S/C21H29N3O3/c1-5-19(25)23(4)18-8-6-16(7-9-18)21(27)22-17-10-12-24(13-11-17)20(26)14-15(2)3/h5-9,15,17H,1,10-14H2,2-4H3,(H,22,27). The summed E-state index contributed by atoms with van der Waals surface area (Å²) in [6.07, 6.45) is 3.36. The molecule has 1 aliphatic heterocycles. The summed E-state index contributed by atoms with van der Waals surface area (Å²) in [5, 5.41) is 3.04. The second-order valence-corrected chi connectivity index (χ2v) is 7.37. The maximum Gasteiger partial charge on any atom is 0.251 e. The highest BCUT2D eigenvalue weighted by molar-refractivity contribution is 6.01. The zero-order chi connectivity index (χ0) is 20.0. The number of hydrogen-bond donors (Lipinski definition) is 1. The summed E-state index contributed by atoms with van der Waals surface area (Å²) in [5.74, 6) is 0.222. The van der Waals surface area contributed by atoms with E-state index in [1.54, 1.807) is 31.3 Å². The third-order valence-electron chi connectivity index (χ3n) is 4.79. The summed E-state index contributed by atoms with van der Waals surface area (Å²) in [7, 11) is 1.66. The number of piperidine rings is 1. The summed E-state index contributed by atoms with van der Waals surface area (Å²) < 4.78 is 0. The number of rotatable bonds is 6. The molecule has 3 amide bonds. The number of carbonyl (C=O) groups excluding carboxylic acids is 3. The summed E-state index contributed by atoms with van der Waals surface area (Å²) >= 11 is 0. The van der Waals surface area contributed by atoms with Gasteiger partial charge in [0, 0.05) is 43.9 Å². The Balaban J connectivity index is 1.86. The van der Waals surface area contributed by atoms with Gasteiger partial charge < -0.3 is 15.1 Å². The maximum atomic E-state index is 12.5. The molecule has 0 aliphatic carbocycles. The molecular weight excluding hydrogens is 342 g/mol. The van der Waals surface area contributed by atoms with Crippen molar-refractivity contribution < 1.29 is 14.4 Å². The van der Waals surface area contributed by atoms with Crippen molar-refractivity contribution in [2.75, 3.05) is 25.0 Å². The quantitative estimate of drug-likeness (QED) is 0.782. The molecule has 0 radical (unpaired) electrons. The van der Waals surface area contributed by atoms with Crippen molar-refractivity contribution in [3.63, 3.8) is 0 Å². The van der Waals surface area contributed by atoms with Gasteiger partial charge in [0.25, 0.3) is 5.91 Å². The van der Waals surface area contributed by atoms with Gasteiger partial charge in [-0.25, -0.2) is 0 Å². The van der Waals surface area contributed by atoms with Gasteiger partial charge in [-0.15, -0.1) is 0 Å². The third kappa shape index (κ3) is 5.67. The van der Waals surface area contributed by atoms with Gasteiger partial charge in [0.2, 0.25) is 11.8 Å². The zero-order valence-corrected chi connectivity index (χ0v) is 16.4. The lowest BCUT2D eigenvalue weighted by Crippen LogP contribution is -2.46. The van der Waals surface area contributed by atoms with Crippen LogP contribution in [-0.4, -0.2) is 48.8 Å². The van der Waals surface area contributed by atoms with Crippen LogP contribution in [0.5, 0.6) is 0 Å². The minimum absolute atomic E-state index is 0.0743. The molecule has 6 heteroatoms. The van der Waals surface area contributed by atoms with Gasteiger partial charge in [-0.1, -0.05) is 20.4 Å². The highest BCUT2D eigenvalue weighted by Gasteiger charge is 2.24. The van der Waals surface area contributed by atoms with E-state index < -0.39 is 0 Å². The topological polar surface area (TPSA) is 69.7 Å². The molecule has 1 aromatic rings. The Morgan fingerprint density at radius 3 is 2.33 bits per heavy atom. The number of carbonyl (C=O) groups is 3. The van der Waals surface area contributed by atoms with E-state index in [9.17, 15) is 14.4 Å². The van der Waals surface area contributed by atoms with Crippen LogP contribution in [0.3, 0.4) is 0 Å². The number of anilines is 1. The molecule has 0 saturated carbocycles. The number of likely N-dealkylation sites (N-methyl/N-ethyl adjacent to an activating group) is 1. The molecule has 1 N–H and O–H groups in total. The van der Waals surface area contributed by atoms with Gasteiger partial charge >= 0.3 is 0 Å². The van der Waals surface area contributed by atoms with Gasteiger partial charge in [0.15, 0.2) is 0 Å². The van der Waals surface area contributed by atoms with E-state index in [1.165, 1.54) is 11.0 Å². The van der Waals surface area contributed by atoms with Crippen LogP contribution in [0, 0.1) is 5.92 Å². The summed E-state index contributed by atoms with van der Waals surface area (Å²) in [4.78, 5) is 39.6. The van der Waals surface area contributed by atoms with E-state index in [0.717, 1.165) is 12.8 Å². The molecule has 1 fully saturated rings. The van der Waals surface area contributed by atoms with E-state index in [0.29, 0.717) is 36.7 Å². The summed E-state index contributed by atoms with van der Waals surface area (Å²) in [6, 6.07) is 6.97. The van der Waals surface area contributed by atoms with Crippen molar-refractivity contribution in [3.8, 4) is 0 Å². The molecule has 6 nitrogen and oxygen atoms in total. The Morgan fingerprint density at radius 1 is 1.22 bits per heavy atom. The largest absolute Gasteiger partial charge is 0.349 e. The van der Waals surface area contributed by atoms with Gasteiger partial charge in [0.05, 0.1) is 0 Å². The second kappa shape index (κ2) is 9.35. The lowest BCUT2D eigenvalue weighted by molar-refractivity contribution is -0.133. The van der Waals surface area contributed by atoms with Gasteiger partial charge in [0.1, 0.15) is 0 Å². The zero-order valence-electron chi connectivity index (χ0n) is 16.4. The SMILES string of the molecule is C=CC(=O)N(C)c1ccc(C(=O)NC2CCN(C(=O)CC(C)C)CC2)cc1. The number of amides is 3. The van der Waals surface area contributed by atoms with Crippen LogP contribution in [0.2, 0.25) is 0 Å². The minimum atomic E-state index is -0.203. The average Bonchev–Trinajstić information content (AvgIpc) is 2.66. The van der Waals surface area contributed by atoms with E-state index in [-0.39, 0.29) is 23.8 Å². The molecule has 2 rings (SSSR count). The van der Waals surface area contributed by atoms with Crippen molar-refractivity contribution in [3.05, 3.63) is 42.5 Å². The molecule has 0 bridgehead atoms. The molecule has 146 valence electrons. The highest BCUT2D eigenvalue weighted by atomic mass is 16.2. The van der Waals surface area contributed by atoms with Crippen LogP contribution in [0.25, 0.3) is 0 Å². The normalized spacial score (nSPS) is 14.7. The molecule has 0 aromatic heterocycles. The Morgan fingerprint density at radius 2 is 1.81 bits per heavy atom. The average molecular weight is 371 g/mol. The first kappa shape index (κ1) is 20.7. The molecule has 0 unspecified atom stereocenters. The van der Waals surface area contributed by atoms with E-state index in [1.807, 2.05) is 18.7 Å². The molecular formula is C21H29N3O3. The van der Waals surface area contributed by atoms with Crippen LogP contribution in [0.15, 0.2) is 36.9 Å². The second-order valence-electron chi connectivity index (χ2n) is 7.37. The van der Waals surface area contributed by atoms with Gasteiger partial charge in [-0.3, -0.25) is 14.4 Å². The van der Waals surface area contributed by atoms with Crippen LogP contribution in [0.1, 0.15) is 43.5 Å². The summed E-state index contributed by atoms with van der Waals surface area (Å²) in [6.45, 7) is 8.92. The molecule has 0 atom stereocenters. The lowest BCUT2D eigenvalue weighted by Gasteiger charge is -2.33. The molecule has 1 saturated heterocycles. The maximum absolute atomic E-state index is 12.5. The smallest absolute Gasteiger partial charge is 0.251 e. The van der Waals surface area contributed by atoms with Crippen molar-refractivity contribution >= 4 is 23.4 Å². The van der Waals surface area contributed by atoms with Crippen molar-refractivity contribution in [2.45, 2.75) is 39.2 Å². The van der Waals surface area contributed by atoms with Crippen LogP contribution >= 0.6 is 0 Å². The number of nitrogens with one attached hydrogen (secondary N) is 1. The number of nitrogens with zero attached hydrogens (tertiary/aromatic N) is 2. The van der Waals surface area contributed by atoms with Gasteiger partial charge in [-0.05, 0) is 49.1 Å². The van der Waals surface area contributed by atoms with Crippen molar-refractivity contribution in [1.82, 2.24) is 10.2 Å². The molecule has 1 heterocycles. The first-order chi connectivity index (χ1) is 12.8. The predicted octanol–water partition coefficient (Wildman–Crippen LogP) is 2.60. The Hall–Kier alpha value is -2.63. The highest BCUT2D eigenvalue weighted by Crippen LogP contribution is 2.16. The van der Waals surface area contributed by atoms with Crippen molar-refractivity contribution in [1.29, 1.82) is 0 Å². The summed E-state index contributed by atoms with van der Waals surface area (Å²) in [5.41, 5.74) is 1.25. The number of likely N-dealkylation sites (tertiary alicyclic amines) is 1. The Bertz CT molecular complexity index is 689. The van der Waals surface area contributed by atoms with Crippen LogP contribution < -0.4 is 10.2 Å². The molecule has 1 aromatic carbocycles. The first-order valence-electron chi connectivity index (χ1n) is 9.40. The predicted molar refractivity (Wildman–Crippen MR) is 107 cm³/mol. The number of hydrogen-bond acceptors (Lipinski definition) is 3. The van der Waals surface area contributed by atoms with Crippen LogP contribution in [-0.2, 0) is 9.59 Å². The van der Waals surface area contributed by atoms with E-state index in [4.69, 9.17) is 0 Å². The van der Waals surface area contributed by atoms with E-state index in [2.05, 4.69) is 11.9 Å². The molecule has 27 heavy (non-hydrogen) atoms. The lowest BCUT2D eigenvalue weighted by atomic mass is 10.0. The fourth-order valence-electron chi connectivity index (χ4n) is 3.12. The van der Waals surface area contributed by atoms with Gasteiger partial charge in [-0.2, -0.15) is 0 Å². The minimum Gasteiger partial charge on any atom is -0.349 e. The molecule has 0 spiro atoms. The fraction of sp³-hybridized carbons (Fsp3) is 0.476.